The predicted molar refractivity (Wildman–Crippen MR) is 64.0 cm³/mol. The van der Waals surface area contributed by atoms with Gasteiger partial charge in [0, 0.05) is 11.8 Å². The number of ketones is 1. The Kier molecular flexibility index (Phi) is 3.43. The lowest BCUT2D eigenvalue weighted by molar-refractivity contribution is -0.124. The van der Waals surface area contributed by atoms with Crippen molar-refractivity contribution in [1.82, 2.24) is 0 Å². The number of allylic oxidation sites excluding steroid dienone is 3. The fourth-order valence-corrected chi connectivity index (χ4v) is 2.27. The highest BCUT2D eigenvalue weighted by Gasteiger charge is 2.30. The Hall–Kier alpha value is -1.75. The van der Waals surface area contributed by atoms with E-state index in [9.17, 15) is 25.2 Å². The Balaban J connectivity index is 2.10. The van der Waals surface area contributed by atoms with Crippen LogP contribution >= 0.6 is 0 Å². The first-order valence-electron chi connectivity index (χ1n) is 5.91. The zero-order valence-electron chi connectivity index (χ0n) is 9.78. The van der Waals surface area contributed by atoms with Gasteiger partial charge in [0.05, 0.1) is 0 Å². The minimum Gasteiger partial charge on any atom is -0.510 e. The van der Waals surface area contributed by atoms with Crippen LogP contribution < -0.4 is 0 Å². The maximum atomic E-state index is 12.2. The van der Waals surface area contributed by atoms with Gasteiger partial charge in [0.25, 0.3) is 0 Å². The maximum absolute atomic E-state index is 12.2. The van der Waals surface area contributed by atoms with Gasteiger partial charge in [-0.15, -0.1) is 0 Å². The summed E-state index contributed by atoms with van der Waals surface area (Å²) in [6.07, 6.45) is 4.38. The largest absolute Gasteiger partial charge is 0.510 e. The second kappa shape index (κ2) is 4.86. The molecule has 0 fully saturated rings. The van der Waals surface area contributed by atoms with Crippen molar-refractivity contribution >= 4 is 5.78 Å². The van der Waals surface area contributed by atoms with Crippen LogP contribution in [0.3, 0.4) is 0 Å². The van der Waals surface area contributed by atoms with E-state index in [0.717, 1.165) is 0 Å². The Bertz CT molecular complexity index is 442. The van der Waals surface area contributed by atoms with Crippen LogP contribution in [0.25, 0.3) is 0 Å². The number of carbonyl (C=O) groups excluding carboxylic acids is 1. The summed E-state index contributed by atoms with van der Waals surface area (Å²) < 4.78 is 0. The highest BCUT2D eigenvalue weighted by molar-refractivity contribution is 5.87. The van der Waals surface area contributed by atoms with Gasteiger partial charge >= 0.3 is 0 Å². The SMILES string of the molecule is O=C(C1C=C(O)C(O)=CC1)C1C=C(O)C(O)CC1. The first-order chi connectivity index (χ1) is 8.49. The summed E-state index contributed by atoms with van der Waals surface area (Å²) in [4.78, 5) is 12.2. The molecular weight excluding hydrogens is 236 g/mol. The fourth-order valence-electron chi connectivity index (χ4n) is 2.27. The summed E-state index contributed by atoms with van der Waals surface area (Å²) in [5.41, 5.74) is 0. The molecule has 2 aliphatic rings. The van der Waals surface area contributed by atoms with Crippen molar-refractivity contribution in [1.29, 1.82) is 0 Å². The van der Waals surface area contributed by atoms with Gasteiger partial charge in [0.2, 0.25) is 0 Å². The lowest BCUT2D eigenvalue weighted by Crippen LogP contribution is -2.28. The number of rotatable bonds is 2. The monoisotopic (exact) mass is 252 g/mol. The van der Waals surface area contributed by atoms with Gasteiger partial charge in [-0.3, -0.25) is 4.79 Å². The molecule has 18 heavy (non-hydrogen) atoms. The van der Waals surface area contributed by atoms with Crippen molar-refractivity contribution in [3.05, 3.63) is 35.5 Å². The third kappa shape index (κ3) is 2.41. The molecule has 0 spiro atoms. The van der Waals surface area contributed by atoms with Gasteiger partial charge in [0.1, 0.15) is 17.6 Å². The minimum atomic E-state index is -0.881. The summed E-state index contributed by atoms with van der Waals surface area (Å²) in [6, 6.07) is 0. The maximum Gasteiger partial charge on any atom is 0.153 e. The molecule has 0 aromatic carbocycles. The van der Waals surface area contributed by atoms with Gasteiger partial charge in [0.15, 0.2) is 11.5 Å². The molecule has 3 atom stereocenters. The third-order valence-corrected chi connectivity index (χ3v) is 3.38. The summed E-state index contributed by atoms with van der Waals surface area (Å²) >= 11 is 0. The van der Waals surface area contributed by atoms with E-state index in [1.54, 1.807) is 0 Å². The predicted octanol–water partition coefficient (Wildman–Crippen LogP) is 1.67. The first kappa shape index (κ1) is 12.7. The van der Waals surface area contributed by atoms with Gasteiger partial charge < -0.3 is 20.4 Å². The molecule has 3 unspecified atom stereocenters. The van der Waals surface area contributed by atoms with E-state index in [1.807, 2.05) is 0 Å². The van der Waals surface area contributed by atoms with E-state index in [0.29, 0.717) is 19.3 Å². The number of Topliss-reactive ketones (excluding diaryl/α,β-unsaturated/α-hetero) is 1. The Morgan fingerprint density at radius 1 is 1.06 bits per heavy atom. The van der Waals surface area contributed by atoms with E-state index >= 15 is 0 Å². The molecule has 2 rings (SSSR count). The van der Waals surface area contributed by atoms with Crippen molar-refractivity contribution in [3.63, 3.8) is 0 Å². The van der Waals surface area contributed by atoms with Crippen LogP contribution in [0.2, 0.25) is 0 Å². The minimum absolute atomic E-state index is 0.122. The van der Waals surface area contributed by atoms with E-state index in [2.05, 4.69) is 0 Å². The Morgan fingerprint density at radius 3 is 2.39 bits per heavy atom. The first-order valence-corrected chi connectivity index (χ1v) is 5.91. The molecule has 4 N–H and O–H groups in total. The van der Waals surface area contributed by atoms with E-state index < -0.39 is 17.9 Å². The van der Waals surface area contributed by atoms with Crippen LogP contribution in [0.15, 0.2) is 35.5 Å². The summed E-state index contributed by atoms with van der Waals surface area (Å²) in [5, 5.41) is 37.4. The van der Waals surface area contributed by atoms with Gasteiger partial charge in [-0.05, 0) is 37.5 Å². The molecule has 98 valence electrons. The van der Waals surface area contributed by atoms with E-state index in [-0.39, 0.29) is 23.1 Å². The average Bonchev–Trinajstić information content (AvgIpc) is 2.35. The van der Waals surface area contributed by atoms with Crippen molar-refractivity contribution in [2.24, 2.45) is 11.8 Å². The smallest absolute Gasteiger partial charge is 0.153 e. The summed E-state index contributed by atoms with van der Waals surface area (Å²) in [5.74, 6) is -1.73. The highest BCUT2D eigenvalue weighted by Crippen LogP contribution is 2.29. The lowest BCUT2D eigenvalue weighted by Gasteiger charge is -2.24. The van der Waals surface area contributed by atoms with Crippen LogP contribution in [-0.2, 0) is 4.79 Å². The molecule has 0 radical (unpaired) electrons. The van der Waals surface area contributed by atoms with Crippen molar-refractivity contribution in [2.75, 3.05) is 0 Å². The van der Waals surface area contributed by atoms with Crippen LogP contribution in [0.5, 0.6) is 0 Å². The molecule has 2 aliphatic carbocycles. The quantitative estimate of drug-likeness (QED) is 0.599. The van der Waals surface area contributed by atoms with Gasteiger partial charge in [-0.2, -0.15) is 0 Å². The van der Waals surface area contributed by atoms with Crippen LogP contribution in [0.1, 0.15) is 19.3 Å². The molecule has 5 nitrogen and oxygen atoms in total. The van der Waals surface area contributed by atoms with Crippen LogP contribution in [0, 0.1) is 11.8 Å². The molecule has 0 saturated heterocycles. The molecule has 0 heterocycles. The molecule has 0 aromatic heterocycles. The van der Waals surface area contributed by atoms with Crippen LogP contribution in [-0.4, -0.2) is 32.3 Å². The van der Waals surface area contributed by atoms with Crippen molar-refractivity contribution < 1.29 is 25.2 Å². The molecule has 5 heteroatoms. The number of aliphatic hydroxyl groups excluding tert-OH is 4. The standard InChI is InChI=1S/C13H16O5/c14-9-3-1-7(5-11(9)16)13(18)8-2-4-10(15)12(17)6-8/h3,5-8,10,14-17H,1-2,4H2. The van der Waals surface area contributed by atoms with Crippen molar-refractivity contribution in [3.8, 4) is 0 Å². The summed E-state index contributed by atoms with van der Waals surface area (Å²) in [7, 11) is 0. The molecule has 0 bridgehead atoms. The molecule has 0 aliphatic heterocycles. The normalized spacial score (nSPS) is 32.3. The zero-order chi connectivity index (χ0) is 13.3. The molecule has 0 aromatic rings. The number of carbonyl (C=O) groups is 1. The van der Waals surface area contributed by atoms with Crippen molar-refractivity contribution in [2.45, 2.75) is 25.4 Å². The van der Waals surface area contributed by atoms with E-state index in [4.69, 9.17) is 0 Å². The number of aliphatic hydroxyl groups is 4. The second-order valence-electron chi connectivity index (χ2n) is 4.68. The Labute approximate surface area is 104 Å². The van der Waals surface area contributed by atoms with E-state index in [1.165, 1.54) is 18.2 Å². The topological polar surface area (TPSA) is 98.0 Å². The highest BCUT2D eigenvalue weighted by atomic mass is 16.3. The number of hydrogen-bond donors (Lipinski definition) is 4. The summed E-state index contributed by atoms with van der Waals surface area (Å²) in [6.45, 7) is 0. The molecule has 0 saturated carbocycles. The fraction of sp³-hybridized carbons (Fsp3) is 0.462. The average molecular weight is 252 g/mol. The second-order valence-corrected chi connectivity index (χ2v) is 4.68. The van der Waals surface area contributed by atoms with Crippen LogP contribution in [0.4, 0.5) is 0 Å². The molecular formula is C13H16O5. The Morgan fingerprint density at radius 2 is 1.78 bits per heavy atom. The lowest BCUT2D eigenvalue weighted by atomic mass is 9.82. The van der Waals surface area contributed by atoms with Gasteiger partial charge in [-0.25, -0.2) is 0 Å². The third-order valence-electron chi connectivity index (χ3n) is 3.38. The zero-order valence-corrected chi connectivity index (χ0v) is 9.78. The molecule has 0 amide bonds. The van der Waals surface area contributed by atoms with Gasteiger partial charge in [-0.1, -0.05) is 0 Å². The number of hydrogen-bond acceptors (Lipinski definition) is 5.